The summed E-state index contributed by atoms with van der Waals surface area (Å²) in [5.41, 5.74) is -0.110. The number of rotatable bonds is 6. The van der Waals surface area contributed by atoms with Crippen LogP contribution in [0.4, 0.5) is 13.2 Å². The SMILES string of the molecule is CN(C(C(=O)NCc1cccc(C(F)(F)F)c1)c1ccccc1)S(C)(=O)=O. The van der Waals surface area contributed by atoms with Gasteiger partial charge in [0, 0.05) is 13.6 Å². The first-order chi connectivity index (χ1) is 12.5. The Labute approximate surface area is 155 Å². The molecule has 1 atom stereocenters. The predicted molar refractivity (Wildman–Crippen MR) is 95.1 cm³/mol. The summed E-state index contributed by atoms with van der Waals surface area (Å²) in [5.74, 6) is -0.633. The van der Waals surface area contributed by atoms with Crippen molar-refractivity contribution < 1.29 is 26.4 Å². The van der Waals surface area contributed by atoms with Gasteiger partial charge in [0.25, 0.3) is 0 Å². The van der Waals surface area contributed by atoms with E-state index in [0.29, 0.717) is 5.56 Å². The normalized spacial score (nSPS) is 13.4. The van der Waals surface area contributed by atoms with Crippen molar-refractivity contribution in [1.82, 2.24) is 9.62 Å². The molecule has 0 fully saturated rings. The number of nitrogens with one attached hydrogen (secondary N) is 1. The Morgan fingerprint density at radius 1 is 1.11 bits per heavy atom. The predicted octanol–water partition coefficient (Wildman–Crippen LogP) is 2.95. The van der Waals surface area contributed by atoms with Gasteiger partial charge in [0.2, 0.25) is 15.9 Å². The molecule has 0 aliphatic heterocycles. The first-order valence-electron chi connectivity index (χ1n) is 7.92. The van der Waals surface area contributed by atoms with Crippen LogP contribution < -0.4 is 5.32 Å². The van der Waals surface area contributed by atoms with Crippen molar-refractivity contribution >= 4 is 15.9 Å². The number of amides is 1. The fourth-order valence-electron chi connectivity index (χ4n) is 2.50. The monoisotopic (exact) mass is 400 g/mol. The van der Waals surface area contributed by atoms with Crippen LogP contribution in [0.2, 0.25) is 0 Å². The second kappa shape index (κ2) is 8.10. The third kappa shape index (κ3) is 5.54. The standard InChI is InChI=1S/C18H19F3N2O3S/c1-23(27(2,25)26)16(14-8-4-3-5-9-14)17(24)22-12-13-7-6-10-15(11-13)18(19,20)21/h3-11,16H,12H2,1-2H3,(H,22,24). The summed E-state index contributed by atoms with van der Waals surface area (Å²) in [5, 5.41) is 2.52. The number of nitrogens with zero attached hydrogens (tertiary/aromatic N) is 1. The number of benzene rings is 2. The van der Waals surface area contributed by atoms with Crippen LogP contribution in [0.15, 0.2) is 54.6 Å². The van der Waals surface area contributed by atoms with E-state index >= 15 is 0 Å². The van der Waals surface area contributed by atoms with Gasteiger partial charge in [-0.25, -0.2) is 8.42 Å². The molecule has 0 radical (unpaired) electrons. The molecule has 1 N–H and O–H groups in total. The minimum absolute atomic E-state index is 0.163. The highest BCUT2D eigenvalue weighted by Crippen LogP contribution is 2.29. The molecule has 0 saturated heterocycles. The summed E-state index contributed by atoms with van der Waals surface area (Å²) in [4.78, 5) is 12.6. The zero-order valence-corrected chi connectivity index (χ0v) is 15.5. The Morgan fingerprint density at radius 2 is 1.74 bits per heavy atom. The van der Waals surface area contributed by atoms with E-state index in [1.807, 2.05) is 0 Å². The molecule has 0 aromatic heterocycles. The van der Waals surface area contributed by atoms with Crippen LogP contribution in [0.5, 0.6) is 0 Å². The van der Waals surface area contributed by atoms with E-state index in [0.717, 1.165) is 22.7 Å². The van der Waals surface area contributed by atoms with Gasteiger partial charge in [0.15, 0.2) is 0 Å². The van der Waals surface area contributed by atoms with Crippen molar-refractivity contribution in [3.05, 3.63) is 71.3 Å². The van der Waals surface area contributed by atoms with Gasteiger partial charge in [-0.3, -0.25) is 4.79 Å². The molecule has 0 heterocycles. The van der Waals surface area contributed by atoms with E-state index in [2.05, 4.69) is 5.32 Å². The van der Waals surface area contributed by atoms with Crippen molar-refractivity contribution in [1.29, 1.82) is 0 Å². The van der Waals surface area contributed by atoms with Crippen LogP contribution in [-0.2, 0) is 27.5 Å². The average Bonchev–Trinajstić information content (AvgIpc) is 2.60. The lowest BCUT2D eigenvalue weighted by Gasteiger charge is -2.25. The molecule has 1 unspecified atom stereocenters. The highest BCUT2D eigenvalue weighted by Gasteiger charge is 2.32. The quantitative estimate of drug-likeness (QED) is 0.811. The maximum Gasteiger partial charge on any atom is 0.416 e. The molecule has 27 heavy (non-hydrogen) atoms. The molecule has 2 aromatic carbocycles. The van der Waals surface area contributed by atoms with Crippen molar-refractivity contribution in [2.75, 3.05) is 13.3 Å². The Morgan fingerprint density at radius 3 is 2.30 bits per heavy atom. The number of likely N-dealkylation sites (N-methyl/N-ethyl adjacent to an activating group) is 1. The molecule has 0 aliphatic carbocycles. The van der Waals surface area contributed by atoms with Gasteiger partial charge in [0.05, 0.1) is 11.8 Å². The van der Waals surface area contributed by atoms with E-state index in [1.54, 1.807) is 30.3 Å². The maximum atomic E-state index is 12.8. The molecule has 146 valence electrons. The summed E-state index contributed by atoms with van der Waals surface area (Å²) in [6, 6.07) is 11.7. The number of halogens is 3. The molecule has 2 aromatic rings. The van der Waals surface area contributed by atoms with Crippen LogP contribution in [0.25, 0.3) is 0 Å². The molecule has 0 saturated carbocycles. The first kappa shape index (κ1) is 20.9. The van der Waals surface area contributed by atoms with Gasteiger partial charge in [0.1, 0.15) is 6.04 Å². The molecule has 2 rings (SSSR count). The largest absolute Gasteiger partial charge is 0.416 e. The number of carbonyl (C=O) groups is 1. The van der Waals surface area contributed by atoms with Crippen LogP contribution in [0.3, 0.4) is 0 Å². The lowest BCUT2D eigenvalue weighted by Crippen LogP contribution is -2.41. The molecule has 0 spiro atoms. The minimum atomic E-state index is -4.48. The van der Waals surface area contributed by atoms with Crippen molar-refractivity contribution in [2.24, 2.45) is 0 Å². The Bertz CT molecular complexity index is 900. The summed E-state index contributed by atoms with van der Waals surface area (Å²) >= 11 is 0. The summed E-state index contributed by atoms with van der Waals surface area (Å²) in [6.07, 6.45) is -3.51. The fourth-order valence-corrected chi connectivity index (χ4v) is 3.10. The van der Waals surface area contributed by atoms with Crippen LogP contribution in [0, 0.1) is 0 Å². The number of alkyl halides is 3. The zero-order chi connectivity index (χ0) is 20.2. The fraction of sp³-hybridized carbons (Fsp3) is 0.278. The van der Waals surface area contributed by atoms with Crippen LogP contribution in [0.1, 0.15) is 22.7 Å². The summed E-state index contributed by atoms with van der Waals surface area (Å²) < 4.78 is 63.1. The van der Waals surface area contributed by atoms with Gasteiger partial charge < -0.3 is 5.32 Å². The second-order valence-electron chi connectivity index (χ2n) is 6.01. The van der Waals surface area contributed by atoms with E-state index in [9.17, 15) is 26.4 Å². The third-order valence-electron chi connectivity index (χ3n) is 3.97. The lowest BCUT2D eigenvalue weighted by atomic mass is 10.1. The molecular weight excluding hydrogens is 381 g/mol. The summed E-state index contributed by atoms with van der Waals surface area (Å²) in [6.45, 7) is -0.163. The third-order valence-corrected chi connectivity index (χ3v) is 5.23. The number of hydrogen-bond donors (Lipinski definition) is 1. The van der Waals surface area contributed by atoms with Crippen LogP contribution >= 0.6 is 0 Å². The van der Waals surface area contributed by atoms with Crippen LogP contribution in [-0.4, -0.2) is 31.9 Å². The van der Waals surface area contributed by atoms with E-state index in [-0.39, 0.29) is 12.1 Å². The van der Waals surface area contributed by atoms with E-state index in [4.69, 9.17) is 0 Å². The van der Waals surface area contributed by atoms with Gasteiger partial charge in [-0.2, -0.15) is 17.5 Å². The highest BCUT2D eigenvalue weighted by atomic mass is 32.2. The highest BCUT2D eigenvalue weighted by molar-refractivity contribution is 7.88. The van der Waals surface area contributed by atoms with E-state index < -0.39 is 33.7 Å². The van der Waals surface area contributed by atoms with Gasteiger partial charge in [-0.1, -0.05) is 42.5 Å². The second-order valence-corrected chi connectivity index (χ2v) is 8.05. The van der Waals surface area contributed by atoms with Crippen molar-refractivity contribution in [3.8, 4) is 0 Å². The average molecular weight is 400 g/mol. The van der Waals surface area contributed by atoms with Gasteiger partial charge in [-0.05, 0) is 23.3 Å². The molecule has 0 aliphatic rings. The zero-order valence-electron chi connectivity index (χ0n) is 14.7. The van der Waals surface area contributed by atoms with Crippen molar-refractivity contribution in [2.45, 2.75) is 18.8 Å². The number of hydrogen-bond acceptors (Lipinski definition) is 3. The van der Waals surface area contributed by atoms with E-state index in [1.165, 1.54) is 19.2 Å². The van der Waals surface area contributed by atoms with Crippen molar-refractivity contribution in [3.63, 3.8) is 0 Å². The smallest absolute Gasteiger partial charge is 0.350 e. The Kier molecular flexibility index (Phi) is 6.27. The first-order valence-corrected chi connectivity index (χ1v) is 9.77. The molecule has 9 heteroatoms. The molecule has 0 bridgehead atoms. The summed E-state index contributed by atoms with van der Waals surface area (Å²) in [7, 11) is -2.41. The minimum Gasteiger partial charge on any atom is -0.350 e. The topological polar surface area (TPSA) is 66.5 Å². The molecule has 1 amide bonds. The maximum absolute atomic E-state index is 12.8. The molecular formula is C18H19F3N2O3S. The Balaban J connectivity index is 2.22. The number of sulfonamides is 1. The van der Waals surface area contributed by atoms with Gasteiger partial charge >= 0.3 is 6.18 Å². The lowest BCUT2D eigenvalue weighted by molar-refractivity contribution is -0.137. The Hall–Kier alpha value is -2.39. The number of carbonyl (C=O) groups excluding carboxylic acids is 1. The molecule has 5 nitrogen and oxygen atoms in total. The van der Waals surface area contributed by atoms with Gasteiger partial charge in [-0.15, -0.1) is 0 Å².